The number of anilines is 1. The predicted molar refractivity (Wildman–Crippen MR) is 111 cm³/mol. The molecule has 0 aliphatic rings. The molecule has 5 heteroatoms. The van der Waals surface area contributed by atoms with Crippen molar-refractivity contribution >= 4 is 22.5 Å². The quantitative estimate of drug-likeness (QED) is 0.588. The topological polar surface area (TPSA) is 61.0 Å². The highest BCUT2D eigenvalue weighted by molar-refractivity contribution is 5.92. The summed E-state index contributed by atoms with van der Waals surface area (Å²) >= 11 is 0. The number of benzene rings is 1. The van der Waals surface area contributed by atoms with E-state index in [9.17, 15) is 4.79 Å². The second kappa shape index (κ2) is 9.21. The number of nitrogens with one attached hydrogen (secondary N) is 2. The summed E-state index contributed by atoms with van der Waals surface area (Å²) in [5, 5.41) is 4.66. The Hall–Kier alpha value is -2.82. The molecule has 2 heterocycles. The monoisotopic (exact) mass is 364 g/mol. The molecule has 0 atom stereocenters. The molecule has 0 radical (unpaired) electrons. The molecule has 2 aromatic heterocycles. The van der Waals surface area contributed by atoms with Crippen LogP contribution in [0.15, 0.2) is 48.8 Å². The number of para-hydroxylation sites is 1. The number of H-pyrrole nitrogens is 1. The van der Waals surface area contributed by atoms with Crippen LogP contribution in [0.3, 0.4) is 0 Å². The molecule has 0 spiro atoms. The number of aromatic nitrogens is 2. The van der Waals surface area contributed by atoms with Crippen LogP contribution in [-0.2, 0) is 6.42 Å². The lowest BCUT2D eigenvalue weighted by Gasteiger charge is -2.21. The maximum absolute atomic E-state index is 12.6. The van der Waals surface area contributed by atoms with Crippen molar-refractivity contribution in [2.24, 2.45) is 0 Å². The van der Waals surface area contributed by atoms with E-state index in [1.54, 1.807) is 6.20 Å². The summed E-state index contributed by atoms with van der Waals surface area (Å²) in [5.74, 6) is 0.0176. The van der Waals surface area contributed by atoms with Crippen molar-refractivity contribution in [3.05, 3.63) is 60.0 Å². The van der Waals surface area contributed by atoms with Crippen molar-refractivity contribution in [1.82, 2.24) is 14.9 Å². The Kier molecular flexibility index (Phi) is 6.47. The van der Waals surface area contributed by atoms with Gasteiger partial charge in [0.1, 0.15) is 5.69 Å². The van der Waals surface area contributed by atoms with Gasteiger partial charge in [0, 0.05) is 36.7 Å². The number of carbonyl (C=O) groups excluding carboxylic acids is 1. The minimum absolute atomic E-state index is 0.0176. The normalized spacial score (nSPS) is 10.9. The third-order valence-electron chi connectivity index (χ3n) is 4.66. The zero-order chi connectivity index (χ0) is 19.1. The number of hydrogen-bond acceptors (Lipinski definition) is 3. The summed E-state index contributed by atoms with van der Waals surface area (Å²) in [7, 11) is 0. The summed E-state index contributed by atoms with van der Waals surface area (Å²) < 4.78 is 0. The van der Waals surface area contributed by atoms with E-state index in [0.717, 1.165) is 44.6 Å². The first-order valence-electron chi connectivity index (χ1n) is 9.77. The molecule has 1 aromatic carbocycles. The lowest BCUT2D eigenvalue weighted by atomic mass is 10.1. The molecule has 0 saturated carbocycles. The molecule has 0 saturated heterocycles. The van der Waals surface area contributed by atoms with Gasteiger partial charge in [0.2, 0.25) is 0 Å². The Morgan fingerprint density at radius 2 is 1.89 bits per heavy atom. The number of pyridine rings is 1. The molecule has 2 N–H and O–H groups in total. The first kappa shape index (κ1) is 19.0. The molecular weight excluding hydrogens is 336 g/mol. The highest BCUT2D eigenvalue weighted by Crippen LogP contribution is 2.18. The number of amides is 1. The summed E-state index contributed by atoms with van der Waals surface area (Å²) in [6.07, 6.45) is 6.66. The molecule has 0 unspecified atom stereocenters. The standard InChI is InChI=1S/C22H28N4O/c1-3-13-26(14-4-2)22(27)21-10-9-18(16-25-21)23-12-11-17-15-24-20-8-6-5-7-19(17)20/h5-10,15-16,23-24H,3-4,11-14H2,1-2H3. The highest BCUT2D eigenvalue weighted by atomic mass is 16.2. The number of rotatable bonds is 9. The van der Waals surface area contributed by atoms with E-state index in [1.807, 2.05) is 23.1 Å². The molecule has 0 fully saturated rings. The van der Waals surface area contributed by atoms with E-state index in [4.69, 9.17) is 0 Å². The second-order valence-corrected chi connectivity index (χ2v) is 6.76. The van der Waals surface area contributed by atoms with Gasteiger partial charge in [0.25, 0.3) is 5.91 Å². The summed E-state index contributed by atoms with van der Waals surface area (Å²) in [6, 6.07) is 12.1. The van der Waals surface area contributed by atoms with Gasteiger partial charge in [-0.05, 0) is 43.0 Å². The molecule has 3 rings (SSSR count). The molecule has 0 aliphatic heterocycles. The van der Waals surface area contributed by atoms with Crippen LogP contribution in [-0.4, -0.2) is 40.4 Å². The van der Waals surface area contributed by atoms with E-state index in [-0.39, 0.29) is 5.91 Å². The van der Waals surface area contributed by atoms with Crippen LogP contribution >= 0.6 is 0 Å². The Labute approximate surface area is 160 Å². The fourth-order valence-corrected chi connectivity index (χ4v) is 3.32. The Balaban J connectivity index is 1.56. The average Bonchev–Trinajstić information content (AvgIpc) is 3.11. The lowest BCUT2D eigenvalue weighted by Crippen LogP contribution is -2.33. The number of fused-ring (bicyclic) bond motifs is 1. The van der Waals surface area contributed by atoms with Gasteiger partial charge in [0.15, 0.2) is 0 Å². The van der Waals surface area contributed by atoms with Gasteiger partial charge in [-0.3, -0.25) is 4.79 Å². The summed E-state index contributed by atoms with van der Waals surface area (Å²) in [4.78, 5) is 22.1. The van der Waals surface area contributed by atoms with Crippen molar-refractivity contribution in [2.75, 3.05) is 25.0 Å². The van der Waals surface area contributed by atoms with Gasteiger partial charge in [-0.25, -0.2) is 4.98 Å². The molecule has 0 aliphatic carbocycles. The van der Waals surface area contributed by atoms with Crippen molar-refractivity contribution in [3.63, 3.8) is 0 Å². The molecule has 1 amide bonds. The fraction of sp³-hybridized carbons (Fsp3) is 0.364. The molecule has 0 bridgehead atoms. The predicted octanol–water partition coefficient (Wildman–Crippen LogP) is 4.48. The van der Waals surface area contributed by atoms with E-state index in [0.29, 0.717) is 5.69 Å². The molecule has 27 heavy (non-hydrogen) atoms. The number of carbonyl (C=O) groups is 1. The maximum atomic E-state index is 12.6. The SMILES string of the molecule is CCCN(CCC)C(=O)c1ccc(NCCc2c[nH]c3ccccc23)cn1. The molecule has 3 aromatic rings. The van der Waals surface area contributed by atoms with Crippen LogP contribution in [0, 0.1) is 0 Å². The second-order valence-electron chi connectivity index (χ2n) is 6.76. The summed E-state index contributed by atoms with van der Waals surface area (Å²) in [6.45, 7) is 6.54. The Bertz CT molecular complexity index is 863. The van der Waals surface area contributed by atoms with Crippen LogP contribution in [0.1, 0.15) is 42.7 Å². The van der Waals surface area contributed by atoms with Crippen LogP contribution in [0.2, 0.25) is 0 Å². The number of nitrogens with zero attached hydrogens (tertiary/aromatic N) is 2. The van der Waals surface area contributed by atoms with Gasteiger partial charge in [-0.1, -0.05) is 32.0 Å². The van der Waals surface area contributed by atoms with Crippen molar-refractivity contribution in [3.8, 4) is 0 Å². The van der Waals surface area contributed by atoms with E-state index in [1.165, 1.54) is 16.5 Å². The Morgan fingerprint density at radius 3 is 2.59 bits per heavy atom. The molecule has 142 valence electrons. The van der Waals surface area contributed by atoms with Gasteiger partial charge >= 0.3 is 0 Å². The van der Waals surface area contributed by atoms with Crippen LogP contribution in [0.5, 0.6) is 0 Å². The fourth-order valence-electron chi connectivity index (χ4n) is 3.32. The van der Waals surface area contributed by atoms with Crippen molar-refractivity contribution in [2.45, 2.75) is 33.1 Å². The van der Waals surface area contributed by atoms with E-state index < -0.39 is 0 Å². The third-order valence-corrected chi connectivity index (χ3v) is 4.66. The van der Waals surface area contributed by atoms with Crippen LogP contribution in [0.25, 0.3) is 10.9 Å². The first-order chi connectivity index (χ1) is 13.2. The highest BCUT2D eigenvalue weighted by Gasteiger charge is 2.15. The van der Waals surface area contributed by atoms with Gasteiger partial charge < -0.3 is 15.2 Å². The maximum Gasteiger partial charge on any atom is 0.272 e. The minimum Gasteiger partial charge on any atom is -0.383 e. The van der Waals surface area contributed by atoms with Gasteiger partial charge in [-0.2, -0.15) is 0 Å². The smallest absolute Gasteiger partial charge is 0.272 e. The van der Waals surface area contributed by atoms with E-state index in [2.05, 4.69) is 53.5 Å². The number of hydrogen-bond donors (Lipinski definition) is 2. The van der Waals surface area contributed by atoms with Gasteiger partial charge in [0.05, 0.1) is 11.9 Å². The van der Waals surface area contributed by atoms with Crippen LogP contribution < -0.4 is 5.32 Å². The van der Waals surface area contributed by atoms with Crippen molar-refractivity contribution < 1.29 is 4.79 Å². The lowest BCUT2D eigenvalue weighted by molar-refractivity contribution is 0.0749. The summed E-state index contributed by atoms with van der Waals surface area (Å²) in [5.41, 5.74) is 3.91. The van der Waals surface area contributed by atoms with E-state index >= 15 is 0 Å². The molecular formula is C22H28N4O. The third kappa shape index (κ3) is 4.67. The zero-order valence-electron chi connectivity index (χ0n) is 16.2. The van der Waals surface area contributed by atoms with Gasteiger partial charge in [-0.15, -0.1) is 0 Å². The Morgan fingerprint density at radius 1 is 1.11 bits per heavy atom. The molecule has 5 nitrogen and oxygen atoms in total. The average molecular weight is 364 g/mol. The van der Waals surface area contributed by atoms with Crippen molar-refractivity contribution in [1.29, 1.82) is 0 Å². The first-order valence-corrected chi connectivity index (χ1v) is 9.77. The number of aromatic amines is 1. The zero-order valence-corrected chi connectivity index (χ0v) is 16.2. The largest absolute Gasteiger partial charge is 0.383 e. The van der Waals surface area contributed by atoms with Crippen LogP contribution in [0.4, 0.5) is 5.69 Å². The minimum atomic E-state index is 0.0176.